The van der Waals surface area contributed by atoms with Crippen LogP contribution in [0.25, 0.3) is 0 Å². The minimum Gasteiger partial charge on any atom is -0.370 e. The smallest absolute Gasteiger partial charge is 0.188 e. The van der Waals surface area contributed by atoms with E-state index in [0.717, 1.165) is 13.0 Å². The third kappa shape index (κ3) is 4.92. The number of hydrogen-bond acceptors (Lipinski definition) is 1. The maximum absolute atomic E-state index is 5.96. The van der Waals surface area contributed by atoms with Crippen LogP contribution in [0.15, 0.2) is 65.7 Å². The molecule has 0 aromatic heterocycles. The summed E-state index contributed by atoms with van der Waals surface area (Å²) in [4.78, 5) is 4.49. The molecule has 0 saturated heterocycles. The Bertz CT molecular complexity index is 589. The average Bonchev–Trinajstić information content (AvgIpc) is 2.55. The van der Waals surface area contributed by atoms with Gasteiger partial charge in [0.1, 0.15) is 0 Å². The van der Waals surface area contributed by atoms with Crippen LogP contribution in [0.5, 0.6) is 0 Å². The summed E-state index contributed by atoms with van der Waals surface area (Å²) < 4.78 is 0. The highest BCUT2D eigenvalue weighted by molar-refractivity contribution is 5.77. The second-order valence-corrected chi connectivity index (χ2v) is 6.11. The predicted molar refractivity (Wildman–Crippen MR) is 94.1 cm³/mol. The van der Waals surface area contributed by atoms with Crippen LogP contribution in [-0.4, -0.2) is 19.0 Å². The van der Waals surface area contributed by atoms with Gasteiger partial charge in [-0.15, -0.1) is 0 Å². The van der Waals surface area contributed by atoms with E-state index in [9.17, 15) is 0 Å². The summed E-state index contributed by atoms with van der Waals surface area (Å²) in [6.07, 6.45) is 0.944. The monoisotopic (exact) mass is 295 g/mol. The van der Waals surface area contributed by atoms with Crippen molar-refractivity contribution in [2.75, 3.05) is 13.1 Å². The van der Waals surface area contributed by atoms with Gasteiger partial charge in [0.2, 0.25) is 0 Å². The van der Waals surface area contributed by atoms with E-state index in [1.165, 1.54) is 11.1 Å². The molecule has 2 rings (SSSR count). The van der Waals surface area contributed by atoms with Crippen molar-refractivity contribution in [3.05, 3.63) is 71.8 Å². The Morgan fingerprint density at radius 3 is 2.23 bits per heavy atom. The number of rotatable bonds is 6. The van der Waals surface area contributed by atoms with Gasteiger partial charge in [-0.3, -0.25) is 4.99 Å². The Balaban J connectivity index is 1.82. The number of hydrogen-bond donors (Lipinski definition) is 2. The Morgan fingerprint density at radius 2 is 1.59 bits per heavy atom. The molecule has 0 amide bonds. The van der Waals surface area contributed by atoms with Crippen molar-refractivity contribution in [3.63, 3.8) is 0 Å². The first-order chi connectivity index (χ1) is 10.6. The van der Waals surface area contributed by atoms with Gasteiger partial charge in [-0.1, -0.05) is 74.5 Å². The molecular weight excluding hydrogens is 270 g/mol. The highest BCUT2D eigenvalue weighted by atomic mass is 15.1. The van der Waals surface area contributed by atoms with Crippen LogP contribution in [0, 0.1) is 0 Å². The fraction of sp³-hybridized carbons (Fsp3) is 0.316. The van der Waals surface area contributed by atoms with Crippen LogP contribution in [0.4, 0.5) is 0 Å². The van der Waals surface area contributed by atoms with Gasteiger partial charge in [-0.25, -0.2) is 0 Å². The number of nitrogens with one attached hydrogen (secondary N) is 1. The Labute approximate surface area is 133 Å². The van der Waals surface area contributed by atoms with Gasteiger partial charge in [0.25, 0.3) is 0 Å². The lowest BCUT2D eigenvalue weighted by molar-refractivity contribution is 0.539. The molecule has 0 atom stereocenters. The lowest BCUT2D eigenvalue weighted by Gasteiger charge is -2.23. The molecule has 0 unspecified atom stereocenters. The van der Waals surface area contributed by atoms with Crippen LogP contribution < -0.4 is 11.1 Å². The summed E-state index contributed by atoms with van der Waals surface area (Å²) in [6.45, 7) is 5.83. The van der Waals surface area contributed by atoms with Crippen molar-refractivity contribution < 1.29 is 0 Å². The number of aliphatic imine (C=N–C) groups is 1. The van der Waals surface area contributed by atoms with Crippen molar-refractivity contribution in [3.8, 4) is 0 Å². The van der Waals surface area contributed by atoms with Crippen LogP contribution in [0.1, 0.15) is 25.0 Å². The maximum Gasteiger partial charge on any atom is 0.188 e. The quantitative estimate of drug-likeness (QED) is 0.635. The largest absolute Gasteiger partial charge is 0.370 e. The van der Waals surface area contributed by atoms with E-state index in [2.05, 4.69) is 72.7 Å². The van der Waals surface area contributed by atoms with Crippen molar-refractivity contribution in [1.82, 2.24) is 5.32 Å². The van der Waals surface area contributed by atoms with E-state index in [-0.39, 0.29) is 5.41 Å². The Morgan fingerprint density at radius 1 is 1.00 bits per heavy atom. The molecule has 0 aliphatic carbocycles. The fourth-order valence-corrected chi connectivity index (χ4v) is 2.30. The number of guanidine groups is 1. The number of nitrogens with two attached hydrogens (primary N) is 1. The van der Waals surface area contributed by atoms with Crippen molar-refractivity contribution in [2.45, 2.75) is 25.7 Å². The van der Waals surface area contributed by atoms with Gasteiger partial charge < -0.3 is 11.1 Å². The molecule has 0 saturated carbocycles. The Hall–Kier alpha value is -2.29. The van der Waals surface area contributed by atoms with Crippen molar-refractivity contribution in [1.29, 1.82) is 0 Å². The van der Waals surface area contributed by atoms with Crippen LogP contribution in [0.2, 0.25) is 0 Å². The van der Waals surface area contributed by atoms with Crippen LogP contribution >= 0.6 is 0 Å². The summed E-state index contributed by atoms with van der Waals surface area (Å²) >= 11 is 0. The van der Waals surface area contributed by atoms with Gasteiger partial charge in [0, 0.05) is 12.0 Å². The number of nitrogens with zero attached hydrogens (tertiary/aromatic N) is 1. The van der Waals surface area contributed by atoms with Crippen LogP contribution in [-0.2, 0) is 11.8 Å². The third-order valence-electron chi connectivity index (χ3n) is 3.76. The van der Waals surface area contributed by atoms with E-state index in [1.54, 1.807) is 0 Å². The van der Waals surface area contributed by atoms with E-state index in [0.29, 0.717) is 12.5 Å². The minimum absolute atomic E-state index is 0.0208. The first kappa shape index (κ1) is 16.1. The van der Waals surface area contributed by atoms with Crippen molar-refractivity contribution in [2.24, 2.45) is 10.7 Å². The molecule has 0 spiro atoms. The zero-order chi connectivity index (χ0) is 15.8. The van der Waals surface area contributed by atoms with Crippen molar-refractivity contribution >= 4 is 5.96 Å². The van der Waals surface area contributed by atoms with Gasteiger partial charge in [0.05, 0.1) is 6.54 Å². The zero-order valence-corrected chi connectivity index (χ0v) is 13.4. The zero-order valence-electron chi connectivity index (χ0n) is 13.4. The van der Waals surface area contributed by atoms with E-state index >= 15 is 0 Å². The molecule has 0 aliphatic rings. The summed E-state index contributed by atoms with van der Waals surface area (Å²) in [5.41, 5.74) is 8.51. The summed E-state index contributed by atoms with van der Waals surface area (Å²) in [5, 5.41) is 3.18. The lowest BCUT2D eigenvalue weighted by atomic mass is 9.85. The van der Waals surface area contributed by atoms with E-state index in [1.807, 2.05) is 12.1 Å². The molecule has 22 heavy (non-hydrogen) atoms. The summed E-state index contributed by atoms with van der Waals surface area (Å²) in [5.74, 6) is 0.514. The second-order valence-electron chi connectivity index (χ2n) is 6.11. The highest BCUT2D eigenvalue weighted by Crippen LogP contribution is 2.22. The third-order valence-corrected chi connectivity index (χ3v) is 3.76. The van der Waals surface area contributed by atoms with Gasteiger partial charge in [-0.2, -0.15) is 0 Å². The van der Waals surface area contributed by atoms with Gasteiger partial charge in [0.15, 0.2) is 5.96 Å². The van der Waals surface area contributed by atoms with Crippen LogP contribution in [0.3, 0.4) is 0 Å². The first-order valence-corrected chi connectivity index (χ1v) is 7.71. The molecule has 0 aliphatic heterocycles. The normalized spacial score (nSPS) is 12.2. The lowest BCUT2D eigenvalue weighted by Crippen LogP contribution is -2.35. The molecule has 0 radical (unpaired) electrons. The first-order valence-electron chi connectivity index (χ1n) is 7.71. The standard InChI is InChI=1S/C19H25N3/c1-19(2,17-11-7-4-8-12-17)15-22-18(20)21-14-13-16-9-5-3-6-10-16/h3-12H,13-15H2,1-2H3,(H3,20,21,22). The molecule has 0 heterocycles. The van der Waals surface area contributed by atoms with Gasteiger partial charge >= 0.3 is 0 Å². The second kappa shape index (κ2) is 7.64. The molecule has 3 nitrogen and oxygen atoms in total. The summed E-state index contributed by atoms with van der Waals surface area (Å²) in [7, 11) is 0. The molecule has 0 fully saturated rings. The molecule has 3 heteroatoms. The average molecular weight is 295 g/mol. The maximum atomic E-state index is 5.96. The number of benzene rings is 2. The molecule has 0 bridgehead atoms. The summed E-state index contributed by atoms with van der Waals surface area (Å²) in [6, 6.07) is 20.8. The van der Waals surface area contributed by atoms with Gasteiger partial charge in [-0.05, 0) is 17.5 Å². The molecule has 2 aromatic rings. The molecule has 3 N–H and O–H groups in total. The Kier molecular flexibility index (Phi) is 5.59. The van der Waals surface area contributed by atoms with E-state index < -0.39 is 0 Å². The minimum atomic E-state index is -0.0208. The highest BCUT2D eigenvalue weighted by Gasteiger charge is 2.19. The predicted octanol–water partition coefficient (Wildman–Crippen LogP) is 3.11. The molecule has 116 valence electrons. The molecular formula is C19H25N3. The SMILES string of the molecule is CC(C)(CN=C(N)NCCc1ccccc1)c1ccccc1. The fourth-order valence-electron chi connectivity index (χ4n) is 2.30. The topological polar surface area (TPSA) is 50.4 Å². The van der Waals surface area contributed by atoms with E-state index in [4.69, 9.17) is 5.73 Å². The molecule has 2 aromatic carbocycles.